The van der Waals surface area contributed by atoms with Crippen molar-refractivity contribution in [3.63, 3.8) is 0 Å². The van der Waals surface area contributed by atoms with Crippen molar-refractivity contribution >= 4 is 18.5 Å². The average Bonchev–Trinajstić information content (AvgIpc) is 2.87. The second kappa shape index (κ2) is 3.56. The van der Waals surface area contributed by atoms with E-state index < -0.39 is 0 Å². The Morgan fingerprint density at radius 1 is 1.47 bits per heavy atom. The van der Waals surface area contributed by atoms with Gasteiger partial charge in [0.1, 0.15) is 0 Å². The van der Waals surface area contributed by atoms with Gasteiger partial charge in [-0.2, -0.15) is 0 Å². The van der Waals surface area contributed by atoms with Gasteiger partial charge in [0.25, 0.3) is 5.91 Å². The summed E-state index contributed by atoms with van der Waals surface area (Å²) in [6.45, 7) is 4.02. The molecule has 0 radical (unpaired) electrons. The zero-order valence-corrected chi connectivity index (χ0v) is 9.90. The number of aryl methyl sites for hydroxylation is 1. The van der Waals surface area contributed by atoms with Crippen LogP contribution in [0.4, 0.5) is 0 Å². The molecule has 0 saturated heterocycles. The number of carbonyl (C=O) groups excluding carboxylic acids is 1. The second-order valence-corrected chi connectivity index (χ2v) is 5.03. The van der Waals surface area contributed by atoms with E-state index in [1.165, 1.54) is 0 Å². The molecule has 0 unspecified atom stereocenters. The Labute approximate surface area is 95.5 Å². The van der Waals surface area contributed by atoms with Crippen LogP contribution in [0.3, 0.4) is 0 Å². The van der Waals surface area contributed by atoms with Gasteiger partial charge in [0.2, 0.25) is 0 Å². The van der Waals surface area contributed by atoms with Crippen LogP contribution in [0.1, 0.15) is 35.7 Å². The first-order chi connectivity index (χ1) is 7.00. The lowest BCUT2D eigenvalue weighted by atomic mass is 10.1. The van der Waals surface area contributed by atoms with Crippen molar-refractivity contribution in [1.82, 2.24) is 5.32 Å². The lowest BCUT2D eigenvalue weighted by molar-refractivity contribution is 0.0934. The molecule has 1 aliphatic carbocycles. The Morgan fingerprint density at radius 3 is 2.73 bits per heavy atom. The highest BCUT2D eigenvalue weighted by Gasteiger charge is 2.38. The van der Waals surface area contributed by atoms with Crippen LogP contribution in [0.25, 0.3) is 0 Å². The maximum absolute atomic E-state index is 11.9. The first-order valence-corrected chi connectivity index (χ1v) is 5.57. The van der Waals surface area contributed by atoms with E-state index in [-0.39, 0.29) is 11.4 Å². The van der Waals surface area contributed by atoms with E-state index in [2.05, 4.69) is 24.9 Å². The summed E-state index contributed by atoms with van der Waals surface area (Å²) in [5.74, 6) is 0.0170. The summed E-state index contributed by atoms with van der Waals surface area (Å²) < 4.78 is 0. The summed E-state index contributed by atoms with van der Waals surface area (Å²) >= 11 is 4.24. The number of rotatable bonds is 2. The predicted molar refractivity (Wildman–Crippen MR) is 63.5 cm³/mol. The molecule has 1 amide bonds. The lowest BCUT2D eigenvalue weighted by Gasteiger charge is -2.13. The summed E-state index contributed by atoms with van der Waals surface area (Å²) in [4.78, 5) is 12.8. The number of amides is 1. The number of hydrogen-bond donors (Lipinski definition) is 2. The van der Waals surface area contributed by atoms with Crippen molar-refractivity contribution in [1.29, 1.82) is 0 Å². The average molecular weight is 221 g/mol. The van der Waals surface area contributed by atoms with Gasteiger partial charge in [-0.15, -0.1) is 12.6 Å². The van der Waals surface area contributed by atoms with Crippen LogP contribution in [0.2, 0.25) is 0 Å². The Balaban J connectivity index is 2.21. The number of thiol groups is 1. The van der Waals surface area contributed by atoms with Gasteiger partial charge in [0, 0.05) is 16.0 Å². The van der Waals surface area contributed by atoms with E-state index in [1.807, 2.05) is 25.1 Å². The predicted octanol–water partition coefficient (Wildman–Crippen LogP) is 2.57. The van der Waals surface area contributed by atoms with Gasteiger partial charge in [-0.25, -0.2) is 0 Å². The van der Waals surface area contributed by atoms with Crippen molar-refractivity contribution in [3.05, 3.63) is 29.3 Å². The highest BCUT2D eigenvalue weighted by molar-refractivity contribution is 7.80. The van der Waals surface area contributed by atoms with E-state index in [1.54, 1.807) is 0 Å². The molecule has 0 aromatic heterocycles. The Morgan fingerprint density at radius 2 is 2.13 bits per heavy atom. The van der Waals surface area contributed by atoms with E-state index >= 15 is 0 Å². The first-order valence-electron chi connectivity index (χ1n) is 5.12. The SMILES string of the molecule is Cc1ccc(S)cc1C(=O)NC1(C)CC1. The lowest BCUT2D eigenvalue weighted by Crippen LogP contribution is -2.34. The normalized spacial score (nSPS) is 17.3. The van der Waals surface area contributed by atoms with Crippen molar-refractivity contribution < 1.29 is 4.79 Å². The minimum absolute atomic E-state index is 0.0170. The minimum Gasteiger partial charge on any atom is -0.347 e. The molecule has 2 rings (SSSR count). The van der Waals surface area contributed by atoms with Gasteiger partial charge in [-0.1, -0.05) is 6.07 Å². The van der Waals surface area contributed by atoms with Gasteiger partial charge in [0.15, 0.2) is 0 Å². The fourth-order valence-electron chi connectivity index (χ4n) is 1.51. The van der Waals surface area contributed by atoms with Crippen molar-refractivity contribution in [2.75, 3.05) is 0 Å². The number of nitrogens with one attached hydrogen (secondary N) is 1. The van der Waals surface area contributed by atoms with Gasteiger partial charge < -0.3 is 5.32 Å². The molecule has 0 bridgehead atoms. The van der Waals surface area contributed by atoms with Crippen LogP contribution in [0.5, 0.6) is 0 Å². The van der Waals surface area contributed by atoms with E-state index in [9.17, 15) is 4.79 Å². The van der Waals surface area contributed by atoms with Crippen molar-refractivity contribution in [3.8, 4) is 0 Å². The third-order valence-corrected chi connectivity index (χ3v) is 3.16. The van der Waals surface area contributed by atoms with Gasteiger partial charge in [-0.3, -0.25) is 4.79 Å². The maximum atomic E-state index is 11.9. The summed E-state index contributed by atoms with van der Waals surface area (Å²) in [6.07, 6.45) is 2.16. The zero-order chi connectivity index (χ0) is 11.1. The maximum Gasteiger partial charge on any atom is 0.252 e. The molecule has 3 heteroatoms. The zero-order valence-electron chi connectivity index (χ0n) is 9.00. The third kappa shape index (κ3) is 2.34. The largest absolute Gasteiger partial charge is 0.347 e. The molecule has 15 heavy (non-hydrogen) atoms. The quantitative estimate of drug-likeness (QED) is 0.738. The van der Waals surface area contributed by atoms with Crippen molar-refractivity contribution in [2.24, 2.45) is 0 Å². The molecular weight excluding hydrogens is 206 g/mol. The molecule has 1 saturated carbocycles. The van der Waals surface area contributed by atoms with Crippen LogP contribution < -0.4 is 5.32 Å². The second-order valence-electron chi connectivity index (χ2n) is 4.51. The van der Waals surface area contributed by atoms with Gasteiger partial charge in [-0.05, 0) is 44.4 Å². The van der Waals surface area contributed by atoms with Crippen LogP contribution >= 0.6 is 12.6 Å². The standard InChI is InChI=1S/C12H15NOS/c1-8-3-4-9(15)7-10(8)11(14)13-12(2)5-6-12/h3-4,7,15H,5-6H2,1-2H3,(H,13,14). The Bertz CT molecular complexity index is 410. The van der Waals surface area contributed by atoms with Crippen LogP contribution in [0, 0.1) is 6.92 Å². The summed E-state index contributed by atoms with van der Waals surface area (Å²) in [5, 5.41) is 3.04. The van der Waals surface area contributed by atoms with E-state index in [4.69, 9.17) is 0 Å². The molecular formula is C12H15NOS. The van der Waals surface area contributed by atoms with Gasteiger partial charge in [0.05, 0.1) is 0 Å². The molecule has 1 aromatic rings. The van der Waals surface area contributed by atoms with Crippen LogP contribution in [-0.2, 0) is 0 Å². The molecule has 1 aliphatic rings. The monoisotopic (exact) mass is 221 g/mol. The molecule has 0 atom stereocenters. The smallest absolute Gasteiger partial charge is 0.252 e. The number of carbonyl (C=O) groups is 1. The minimum atomic E-state index is 0.0170. The van der Waals surface area contributed by atoms with E-state index in [0.29, 0.717) is 0 Å². The molecule has 80 valence electrons. The number of hydrogen-bond acceptors (Lipinski definition) is 2. The highest BCUT2D eigenvalue weighted by atomic mass is 32.1. The van der Waals surface area contributed by atoms with Crippen molar-refractivity contribution in [2.45, 2.75) is 37.1 Å². The fraction of sp³-hybridized carbons (Fsp3) is 0.417. The third-order valence-electron chi connectivity index (χ3n) is 2.88. The molecule has 2 nitrogen and oxygen atoms in total. The Kier molecular flexibility index (Phi) is 2.51. The molecule has 1 aromatic carbocycles. The summed E-state index contributed by atoms with van der Waals surface area (Å²) in [6, 6.07) is 5.64. The van der Waals surface area contributed by atoms with Gasteiger partial charge >= 0.3 is 0 Å². The fourth-order valence-corrected chi connectivity index (χ4v) is 1.71. The van der Waals surface area contributed by atoms with Crippen LogP contribution in [0.15, 0.2) is 23.1 Å². The summed E-state index contributed by atoms with van der Waals surface area (Å²) in [7, 11) is 0. The molecule has 1 fully saturated rings. The Hall–Kier alpha value is -0.960. The highest BCUT2D eigenvalue weighted by Crippen LogP contribution is 2.34. The number of benzene rings is 1. The molecule has 0 heterocycles. The molecule has 0 spiro atoms. The topological polar surface area (TPSA) is 29.1 Å². The summed E-state index contributed by atoms with van der Waals surface area (Å²) in [5.41, 5.74) is 1.76. The molecule has 0 aliphatic heterocycles. The van der Waals surface area contributed by atoms with E-state index in [0.717, 1.165) is 28.9 Å². The first kappa shape index (κ1) is 10.6. The van der Waals surface area contributed by atoms with Crippen LogP contribution in [-0.4, -0.2) is 11.4 Å². The molecule has 1 N–H and O–H groups in total.